The summed E-state index contributed by atoms with van der Waals surface area (Å²) in [5.41, 5.74) is -0.0591. The second kappa shape index (κ2) is 4.77. The molecule has 2 aliphatic rings. The van der Waals surface area contributed by atoms with E-state index in [9.17, 15) is 5.11 Å². The quantitative estimate of drug-likeness (QED) is 0.822. The number of ether oxygens (including phenoxy) is 1. The van der Waals surface area contributed by atoms with Gasteiger partial charge in [-0.1, -0.05) is 0 Å². The average Bonchev–Trinajstić information content (AvgIpc) is 2.47. The van der Waals surface area contributed by atoms with Gasteiger partial charge in [-0.2, -0.15) is 0 Å². The van der Waals surface area contributed by atoms with Crippen LogP contribution in [0, 0.1) is 5.92 Å². The first-order valence-corrected chi connectivity index (χ1v) is 7.33. The smallest absolute Gasteiger partial charge is 0.0789 e. The van der Waals surface area contributed by atoms with Crippen LogP contribution in [0.5, 0.6) is 0 Å². The first-order valence-electron chi connectivity index (χ1n) is 7.33. The van der Waals surface area contributed by atoms with E-state index in [2.05, 4.69) is 32.6 Å². The molecule has 0 spiro atoms. The third-order valence-electron chi connectivity index (χ3n) is 4.72. The maximum Gasteiger partial charge on any atom is 0.0789 e. The van der Waals surface area contributed by atoms with E-state index in [1.165, 1.54) is 0 Å². The highest BCUT2D eigenvalue weighted by Gasteiger charge is 2.48. The number of hydrogen-bond acceptors (Lipinski definition) is 3. The Hall–Kier alpha value is -0.120. The molecule has 0 aromatic rings. The molecule has 1 N–H and O–H groups in total. The maximum absolute atomic E-state index is 9.67. The van der Waals surface area contributed by atoms with Crippen molar-refractivity contribution in [2.24, 2.45) is 5.92 Å². The lowest BCUT2D eigenvalue weighted by Gasteiger charge is -2.41. The van der Waals surface area contributed by atoms with Crippen LogP contribution in [0.3, 0.4) is 0 Å². The summed E-state index contributed by atoms with van der Waals surface area (Å²) >= 11 is 0. The lowest BCUT2D eigenvalue weighted by Crippen LogP contribution is -2.50. The lowest BCUT2D eigenvalue weighted by atomic mass is 9.87. The monoisotopic (exact) mass is 255 g/mol. The summed E-state index contributed by atoms with van der Waals surface area (Å²) in [5.74, 6) is 0.486. The molecule has 2 atom stereocenters. The summed E-state index contributed by atoms with van der Waals surface area (Å²) in [6, 6.07) is 0.516. The molecule has 2 aliphatic heterocycles. The molecule has 3 heteroatoms. The zero-order chi connectivity index (χ0) is 13.6. The minimum absolute atomic E-state index is 0.00468. The van der Waals surface area contributed by atoms with Crippen molar-refractivity contribution < 1.29 is 9.84 Å². The number of hydrogen-bond donors (Lipinski definition) is 1. The molecule has 3 nitrogen and oxygen atoms in total. The van der Waals surface area contributed by atoms with Crippen molar-refractivity contribution in [3.8, 4) is 0 Å². The zero-order valence-electron chi connectivity index (χ0n) is 12.6. The first-order chi connectivity index (χ1) is 8.21. The minimum Gasteiger partial charge on any atom is -0.393 e. The highest BCUT2D eigenvalue weighted by molar-refractivity contribution is 5.00. The fourth-order valence-electron chi connectivity index (χ4n) is 3.82. The van der Waals surface area contributed by atoms with Gasteiger partial charge in [-0.3, -0.25) is 4.90 Å². The minimum atomic E-state index is -0.156. The van der Waals surface area contributed by atoms with Crippen LogP contribution < -0.4 is 0 Å². The fraction of sp³-hybridized carbons (Fsp3) is 1.00. The summed E-state index contributed by atoms with van der Waals surface area (Å²) in [6.07, 6.45) is 3.19. The van der Waals surface area contributed by atoms with Gasteiger partial charge in [0.05, 0.1) is 17.3 Å². The molecule has 0 amide bonds. The Morgan fingerprint density at radius 2 is 1.72 bits per heavy atom. The van der Waals surface area contributed by atoms with Crippen molar-refractivity contribution in [3.63, 3.8) is 0 Å². The second-order valence-corrected chi connectivity index (χ2v) is 7.30. The Kier molecular flexibility index (Phi) is 3.79. The largest absolute Gasteiger partial charge is 0.393 e. The van der Waals surface area contributed by atoms with Gasteiger partial charge in [0.25, 0.3) is 0 Å². The van der Waals surface area contributed by atoms with Crippen LogP contribution in [0.4, 0.5) is 0 Å². The Morgan fingerprint density at radius 1 is 1.17 bits per heavy atom. The van der Waals surface area contributed by atoms with Crippen LogP contribution in [0.2, 0.25) is 0 Å². The maximum atomic E-state index is 9.67. The number of rotatable bonds is 2. The molecule has 0 aromatic carbocycles. The van der Waals surface area contributed by atoms with Crippen LogP contribution in [-0.4, -0.2) is 46.4 Å². The predicted octanol–water partition coefficient (Wildman–Crippen LogP) is 2.43. The van der Waals surface area contributed by atoms with Gasteiger partial charge >= 0.3 is 0 Å². The van der Waals surface area contributed by atoms with Gasteiger partial charge in [0.1, 0.15) is 0 Å². The van der Waals surface area contributed by atoms with E-state index >= 15 is 0 Å². The standard InChI is InChI=1S/C15H29NO2/c1-11(17)12-6-8-16(9-7-12)13-10-14(2,3)18-15(13,4)5/h11-13,17H,6-10H2,1-5H3. The second-order valence-electron chi connectivity index (χ2n) is 7.30. The van der Waals surface area contributed by atoms with Gasteiger partial charge in [-0.25, -0.2) is 0 Å². The summed E-state index contributed by atoms with van der Waals surface area (Å²) in [6.45, 7) is 12.9. The molecule has 2 fully saturated rings. The van der Waals surface area contributed by atoms with E-state index in [0.29, 0.717) is 12.0 Å². The highest BCUT2D eigenvalue weighted by atomic mass is 16.5. The van der Waals surface area contributed by atoms with Crippen molar-refractivity contribution in [2.45, 2.75) is 77.2 Å². The summed E-state index contributed by atoms with van der Waals surface area (Å²) < 4.78 is 6.19. The van der Waals surface area contributed by atoms with Crippen molar-refractivity contribution >= 4 is 0 Å². The van der Waals surface area contributed by atoms with Gasteiger partial charge < -0.3 is 9.84 Å². The molecule has 2 heterocycles. The molecule has 0 saturated carbocycles. The zero-order valence-corrected chi connectivity index (χ0v) is 12.6. The van der Waals surface area contributed by atoms with Crippen molar-refractivity contribution in [2.75, 3.05) is 13.1 Å². The summed E-state index contributed by atoms with van der Waals surface area (Å²) in [5, 5.41) is 9.67. The average molecular weight is 255 g/mol. The number of nitrogens with zero attached hydrogens (tertiary/aromatic N) is 1. The van der Waals surface area contributed by atoms with Crippen molar-refractivity contribution in [3.05, 3.63) is 0 Å². The molecular formula is C15H29NO2. The lowest BCUT2D eigenvalue weighted by molar-refractivity contribution is -0.0838. The van der Waals surface area contributed by atoms with Gasteiger partial charge in [0.15, 0.2) is 0 Å². The van der Waals surface area contributed by atoms with E-state index in [4.69, 9.17) is 4.74 Å². The third kappa shape index (κ3) is 2.89. The van der Waals surface area contributed by atoms with Gasteiger partial charge in [0, 0.05) is 6.04 Å². The van der Waals surface area contributed by atoms with E-state index in [0.717, 1.165) is 32.4 Å². The molecule has 2 saturated heterocycles. The first kappa shape index (κ1) is 14.3. The van der Waals surface area contributed by atoms with Gasteiger partial charge in [-0.05, 0) is 72.9 Å². The van der Waals surface area contributed by atoms with Crippen LogP contribution in [-0.2, 0) is 4.74 Å². The Labute approximate surface area is 112 Å². The molecule has 106 valence electrons. The van der Waals surface area contributed by atoms with Crippen LogP contribution in [0.15, 0.2) is 0 Å². The molecule has 18 heavy (non-hydrogen) atoms. The van der Waals surface area contributed by atoms with E-state index < -0.39 is 0 Å². The molecule has 0 radical (unpaired) electrons. The Balaban J connectivity index is 1.98. The Bertz CT molecular complexity index is 291. The van der Waals surface area contributed by atoms with E-state index in [-0.39, 0.29) is 17.3 Å². The topological polar surface area (TPSA) is 32.7 Å². The van der Waals surface area contributed by atoms with Crippen LogP contribution in [0.25, 0.3) is 0 Å². The predicted molar refractivity (Wildman–Crippen MR) is 73.6 cm³/mol. The number of piperidine rings is 1. The molecule has 0 aliphatic carbocycles. The normalized spacial score (nSPS) is 34.7. The molecule has 2 rings (SSSR count). The van der Waals surface area contributed by atoms with Crippen molar-refractivity contribution in [1.29, 1.82) is 0 Å². The number of aliphatic hydroxyl groups excluding tert-OH is 1. The van der Waals surface area contributed by atoms with E-state index in [1.54, 1.807) is 0 Å². The SMILES string of the molecule is CC(O)C1CCN(C2CC(C)(C)OC2(C)C)CC1. The van der Waals surface area contributed by atoms with Gasteiger partial charge in [0.2, 0.25) is 0 Å². The fourth-order valence-corrected chi connectivity index (χ4v) is 3.82. The molecule has 2 unspecified atom stereocenters. The molecule has 0 aromatic heterocycles. The van der Waals surface area contributed by atoms with E-state index in [1.807, 2.05) is 6.92 Å². The number of aliphatic hydroxyl groups is 1. The Morgan fingerprint density at radius 3 is 2.11 bits per heavy atom. The van der Waals surface area contributed by atoms with Crippen LogP contribution >= 0.6 is 0 Å². The highest BCUT2D eigenvalue weighted by Crippen LogP contribution is 2.41. The summed E-state index contributed by atoms with van der Waals surface area (Å²) in [4.78, 5) is 2.58. The van der Waals surface area contributed by atoms with Gasteiger partial charge in [-0.15, -0.1) is 0 Å². The molecular weight excluding hydrogens is 226 g/mol. The number of likely N-dealkylation sites (tertiary alicyclic amines) is 1. The van der Waals surface area contributed by atoms with Crippen LogP contribution in [0.1, 0.15) is 53.9 Å². The summed E-state index contributed by atoms with van der Waals surface area (Å²) in [7, 11) is 0. The molecule has 0 bridgehead atoms. The third-order valence-corrected chi connectivity index (χ3v) is 4.72. The van der Waals surface area contributed by atoms with Crippen molar-refractivity contribution in [1.82, 2.24) is 4.90 Å².